The lowest BCUT2D eigenvalue weighted by Crippen LogP contribution is -2.32. The number of hydrogen-bond donors (Lipinski definition) is 0. The van der Waals surface area contributed by atoms with Crippen LogP contribution in [0.4, 0.5) is 0 Å². The molecule has 0 aliphatic carbocycles. The lowest BCUT2D eigenvalue weighted by atomic mass is 10.2. The Morgan fingerprint density at radius 1 is 0.517 bits per heavy atom. The number of methoxy groups -OCH3 is 1. The molecule has 2 heteroatoms. The number of hydrogen-bond acceptors (Lipinski definition) is 1. The lowest BCUT2D eigenvalue weighted by Gasteiger charge is -2.28. The van der Waals surface area contributed by atoms with Crippen LogP contribution in [0.15, 0.2) is 115 Å². The van der Waals surface area contributed by atoms with Crippen molar-refractivity contribution in [3.8, 4) is 0 Å². The molecule has 4 aromatic rings. The molecule has 0 saturated heterocycles. The predicted molar refractivity (Wildman–Crippen MR) is 126 cm³/mol. The first kappa shape index (κ1) is 19.6. The topological polar surface area (TPSA) is 9.23 Å². The van der Waals surface area contributed by atoms with Crippen molar-refractivity contribution in [1.82, 2.24) is 0 Å². The van der Waals surface area contributed by atoms with Crippen LogP contribution in [0.25, 0.3) is 0 Å². The van der Waals surface area contributed by atoms with E-state index in [1.165, 1.54) is 27.0 Å². The summed E-state index contributed by atoms with van der Waals surface area (Å²) in [5, 5.41) is 4.25. The molecule has 0 aliphatic heterocycles. The molecule has 4 aromatic carbocycles. The fourth-order valence-electron chi connectivity index (χ4n) is 3.95. The van der Waals surface area contributed by atoms with Crippen molar-refractivity contribution in [3.05, 3.63) is 126 Å². The molecule has 0 unspecified atom stereocenters. The monoisotopic (exact) mass is 397 g/mol. The molecular formula is C27H26OP+. The lowest BCUT2D eigenvalue weighted by molar-refractivity contribution is 0.185. The minimum atomic E-state index is -1.84. The van der Waals surface area contributed by atoms with Crippen molar-refractivity contribution in [3.63, 3.8) is 0 Å². The Morgan fingerprint density at radius 2 is 0.897 bits per heavy atom. The first-order chi connectivity index (χ1) is 14.3. The average molecular weight is 397 g/mol. The summed E-state index contributed by atoms with van der Waals surface area (Å²) in [5.41, 5.74) is 2.56. The summed E-state index contributed by atoms with van der Waals surface area (Å²) in [6.45, 7) is 0.649. The minimum absolute atomic E-state index is 0.649. The highest BCUT2D eigenvalue weighted by molar-refractivity contribution is 7.95. The molecule has 4 rings (SSSR count). The van der Waals surface area contributed by atoms with Gasteiger partial charge in [0.05, 0.1) is 12.8 Å². The molecule has 0 amide bonds. The number of rotatable bonds is 7. The molecule has 0 saturated carbocycles. The zero-order valence-corrected chi connectivity index (χ0v) is 17.6. The summed E-state index contributed by atoms with van der Waals surface area (Å²) < 4.78 is 5.28. The summed E-state index contributed by atoms with van der Waals surface area (Å²) in [6.07, 6.45) is 0.998. The van der Waals surface area contributed by atoms with Gasteiger partial charge in [0.25, 0.3) is 0 Å². The molecule has 1 nitrogen and oxygen atoms in total. The van der Waals surface area contributed by atoms with E-state index in [2.05, 4.69) is 115 Å². The van der Waals surface area contributed by atoms with Crippen molar-refractivity contribution < 1.29 is 4.74 Å². The molecule has 0 aromatic heterocycles. The van der Waals surface area contributed by atoms with Crippen LogP contribution < -0.4 is 15.9 Å². The Morgan fingerprint density at radius 3 is 1.28 bits per heavy atom. The van der Waals surface area contributed by atoms with Gasteiger partial charge in [0, 0.05) is 7.11 Å². The third-order valence-corrected chi connectivity index (χ3v) is 9.72. The average Bonchev–Trinajstić information content (AvgIpc) is 2.80. The van der Waals surface area contributed by atoms with E-state index in [0.717, 1.165) is 6.16 Å². The Kier molecular flexibility index (Phi) is 6.20. The maximum absolute atomic E-state index is 5.28. The molecule has 0 spiro atoms. The first-order valence-electron chi connectivity index (χ1n) is 9.94. The molecule has 144 valence electrons. The van der Waals surface area contributed by atoms with Crippen LogP contribution in [0.5, 0.6) is 0 Å². The summed E-state index contributed by atoms with van der Waals surface area (Å²) in [5.74, 6) is 0. The fraction of sp³-hybridized carbons (Fsp3) is 0.111. The Labute approximate surface area is 174 Å². The minimum Gasteiger partial charge on any atom is -0.380 e. The highest BCUT2D eigenvalue weighted by atomic mass is 31.2. The maximum Gasteiger partial charge on any atom is 0.116 e. The third kappa shape index (κ3) is 4.17. The molecule has 0 heterocycles. The molecule has 29 heavy (non-hydrogen) atoms. The van der Waals surface area contributed by atoms with Crippen LogP contribution in [-0.2, 0) is 17.5 Å². The standard InChI is InChI=1S/C27H26OP/c1-28-21-23-17-19-24(20-18-23)22-29(25-11-5-2-6-12-25,26-13-7-3-8-14-26)27-15-9-4-10-16-27/h2-20H,21-22H2,1H3/q+1. The summed E-state index contributed by atoms with van der Waals surface area (Å²) in [7, 11) is -0.0962. The summed E-state index contributed by atoms with van der Waals surface area (Å²) in [4.78, 5) is 0. The van der Waals surface area contributed by atoms with Gasteiger partial charge in [0.1, 0.15) is 23.2 Å². The zero-order valence-electron chi connectivity index (χ0n) is 16.7. The van der Waals surface area contributed by atoms with Crippen molar-refractivity contribution in [2.45, 2.75) is 12.8 Å². The van der Waals surface area contributed by atoms with Gasteiger partial charge in [0.2, 0.25) is 0 Å². The van der Waals surface area contributed by atoms with Crippen LogP contribution in [-0.4, -0.2) is 7.11 Å². The van der Waals surface area contributed by atoms with Crippen LogP contribution in [0.3, 0.4) is 0 Å². The van der Waals surface area contributed by atoms with Gasteiger partial charge in [0.15, 0.2) is 0 Å². The van der Waals surface area contributed by atoms with Crippen molar-refractivity contribution in [2.75, 3.05) is 7.11 Å². The van der Waals surface area contributed by atoms with E-state index in [9.17, 15) is 0 Å². The quantitative estimate of drug-likeness (QED) is 0.383. The highest BCUT2D eigenvalue weighted by Crippen LogP contribution is 2.58. The second-order valence-corrected chi connectivity index (χ2v) is 10.7. The van der Waals surface area contributed by atoms with E-state index in [-0.39, 0.29) is 0 Å². The van der Waals surface area contributed by atoms with Gasteiger partial charge in [-0.2, -0.15) is 0 Å². The van der Waals surface area contributed by atoms with Gasteiger partial charge >= 0.3 is 0 Å². The van der Waals surface area contributed by atoms with Gasteiger partial charge < -0.3 is 4.74 Å². The largest absolute Gasteiger partial charge is 0.380 e. The van der Waals surface area contributed by atoms with Gasteiger partial charge in [-0.25, -0.2) is 0 Å². The summed E-state index contributed by atoms with van der Waals surface area (Å²) >= 11 is 0. The van der Waals surface area contributed by atoms with Crippen LogP contribution in [0, 0.1) is 0 Å². The van der Waals surface area contributed by atoms with Crippen molar-refractivity contribution in [2.24, 2.45) is 0 Å². The SMILES string of the molecule is COCc1ccc(C[P+](c2ccccc2)(c2ccccc2)c2ccccc2)cc1. The zero-order chi connectivity index (χ0) is 19.9. The predicted octanol–water partition coefficient (Wildman–Crippen LogP) is 5.33. The van der Waals surface area contributed by atoms with Gasteiger partial charge in [-0.05, 0) is 47.5 Å². The molecular weight excluding hydrogens is 371 g/mol. The van der Waals surface area contributed by atoms with Gasteiger partial charge in [-0.1, -0.05) is 78.9 Å². The molecule has 0 radical (unpaired) electrons. The second kappa shape index (κ2) is 9.18. The molecule has 0 atom stereocenters. The second-order valence-electron chi connectivity index (χ2n) is 7.22. The van der Waals surface area contributed by atoms with Crippen LogP contribution in [0.2, 0.25) is 0 Å². The van der Waals surface area contributed by atoms with E-state index < -0.39 is 7.26 Å². The van der Waals surface area contributed by atoms with E-state index in [1.807, 2.05) is 0 Å². The van der Waals surface area contributed by atoms with Crippen molar-refractivity contribution >= 4 is 23.2 Å². The number of benzene rings is 4. The van der Waals surface area contributed by atoms with Crippen LogP contribution >= 0.6 is 7.26 Å². The first-order valence-corrected chi connectivity index (χ1v) is 11.9. The van der Waals surface area contributed by atoms with E-state index in [0.29, 0.717) is 6.61 Å². The van der Waals surface area contributed by atoms with E-state index in [1.54, 1.807) is 7.11 Å². The Bertz CT molecular complexity index is 916. The summed E-state index contributed by atoms with van der Waals surface area (Å²) in [6, 6.07) is 42.0. The smallest absolute Gasteiger partial charge is 0.116 e. The third-order valence-electron chi connectivity index (χ3n) is 5.34. The normalized spacial score (nSPS) is 11.3. The number of ether oxygens (including phenoxy) is 1. The molecule has 0 fully saturated rings. The van der Waals surface area contributed by atoms with Crippen LogP contribution in [0.1, 0.15) is 11.1 Å². The Balaban J connectivity index is 1.90. The fourth-order valence-corrected chi connectivity index (χ4v) is 8.19. The van der Waals surface area contributed by atoms with Gasteiger partial charge in [-0.3, -0.25) is 0 Å². The van der Waals surface area contributed by atoms with E-state index >= 15 is 0 Å². The van der Waals surface area contributed by atoms with Gasteiger partial charge in [-0.15, -0.1) is 0 Å². The molecule has 0 bridgehead atoms. The Hall–Kier alpha value is -2.73. The van der Waals surface area contributed by atoms with Crippen molar-refractivity contribution in [1.29, 1.82) is 0 Å². The molecule has 0 N–H and O–H groups in total. The maximum atomic E-state index is 5.28. The highest BCUT2D eigenvalue weighted by Gasteiger charge is 2.45. The van der Waals surface area contributed by atoms with E-state index in [4.69, 9.17) is 4.74 Å². The molecule has 0 aliphatic rings.